The molecule has 3 aromatic rings. The number of azide groups is 1. The SMILES string of the molecule is CCOC(=O)[C@H](C)/N=[P+](\[O-])Oc1c(OC[C@@]2(N=[N+]=[N-])O[C@@H](n3ccc(=O)[nH]c3=O)[C@H](O)[C@@H]2F)ccc2ccccc12. The largest absolute Gasteiger partial charge is 0.575 e. The molecule has 1 aliphatic rings. The summed E-state index contributed by atoms with van der Waals surface area (Å²) >= 11 is 0. The number of hydrogen-bond acceptors (Lipinski definition) is 11. The molecule has 1 saturated heterocycles. The number of rotatable bonds is 10. The Hall–Kier alpha value is -4.33. The van der Waals surface area contributed by atoms with Gasteiger partial charge >= 0.3 is 19.8 Å². The van der Waals surface area contributed by atoms with E-state index in [0.29, 0.717) is 10.8 Å². The highest BCUT2D eigenvalue weighted by molar-refractivity contribution is 7.34. The van der Waals surface area contributed by atoms with Crippen LogP contribution in [0.5, 0.6) is 11.5 Å². The van der Waals surface area contributed by atoms with Crippen LogP contribution in [0.3, 0.4) is 0 Å². The molecular formula is C24H24FN6O9P. The van der Waals surface area contributed by atoms with E-state index in [1.807, 2.05) is 4.98 Å². The Kier molecular flexibility index (Phi) is 9.01. The van der Waals surface area contributed by atoms with Crippen molar-refractivity contribution in [1.29, 1.82) is 0 Å². The fourth-order valence-electron chi connectivity index (χ4n) is 4.07. The van der Waals surface area contributed by atoms with Gasteiger partial charge in [-0.05, 0) is 30.8 Å². The number of ether oxygens (including phenoxy) is 3. The zero-order valence-electron chi connectivity index (χ0n) is 21.6. The van der Waals surface area contributed by atoms with Crippen molar-refractivity contribution in [3.8, 4) is 11.5 Å². The van der Waals surface area contributed by atoms with E-state index < -0.39 is 62.3 Å². The predicted octanol–water partition coefficient (Wildman–Crippen LogP) is 2.19. The van der Waals surface area contributed by atoms with Crippen LogP contribution in [0.4, 0.5) is 4.39 Å². The third-order valence-electron chi connectivity index (χ3n) is 6.03. The molecule has 0 bridgehead atoms. The minimum Gasteiger partial charge on any atom is -0.575 e. The van der Waals surface area contributed by atoms with Gasteiger partial charge in [-0.3, -0.25) is 18.9 Å². The van der Waals surface area contributed by atoms with Gasteiger partial charge in [0, 0.05) is 22.6 Å². The fraction of sp³-hybridized carbons (Fsp3) is 0.375. The van der Waals surface area contributed by atoms with Gasteiger partial charge in [-0.2, -0.15) is 0 Å². The smallest absolute Gasteiger partial charge is 0.395 e. The monoisotopic (exact) mass is 590 g/mol. The van der Waals surface area contributed by atoms with E-state index in [9.17, 15) is 24.4 Å². The number of aromatic nitrogens is 2. The van der Waals surface area contributed by atoms with Crippen LogP contribution in [0.25, 0.3) is 21.2 Å². The van der Waals surface area contributed by atoms with Gasteiger partial charge in [0.05, 0.1) is 6.61 Å². The molecule has 2 aromatic carbocycles. The molecule has 0 radical (unpaired) electrons. The van der Waals surface area contributed by atoms with Gasteiger partial charge in [0.2, 0.25) is 11.5 Å². The minimum atomic E-state index is -2.83. The van der Waals surface area contributed by atoms with E-state index in [-0.39, 0.29) is 18.1 Å². The zero-order chi connectivity index (χ0) is 29.7. The Morgan fingerprint density at radius 1 is 1.34 bits per heavy atom. The second kappa shape index (κ2) is 12.5. The third kappa shape index (κ3) is 6.21. The summed E-state index contributed by atoms with van der Waals surface area (Å²) in [6.07, 6.45) is -5.09. The first kappa shape index (κ1) is 29.6. The molecule has 0 saturated carbocycles. The van der Waals surface area contributed by atoms with Gasteiger partial charge in [-0.1, -0.05) is 40.2 Å². The summed E-state index contributed by atoms with van der Waals surface area (Å²) in [6.45, 7) is 2.27. The standard InChI is InChI=1S/C24H24FN6O9P/c1-3-37-22(34)13(2)28-41(36)40-19-15-7-5-4-6-14(15)8-9-16(19)38-12-24(29-30-26)20(25)18(33)21(39-24)31-11-10-17(32)27-23(31)35/h4-11,13,18,20-21,33H,3,12H2,1-2H3,(H,27,32,35)/t13-,18+,20-,21+,24+/m0/s1. The van der Waals surface area contributed by atoms with Gasteiger partial charge in [-0.15, -0.1) is 0 Å². The summed E-state index contributed by atoms with van der Waals surface area (Å²) in [5.41, 5.74) is 4.97. The lowest BCUT2D eigenvalue weighted by Gasteiger charge is -2.26. The van der Waals surface area contributed by atoms with Gasteiger partial charge in [0.25, 0.3) is 5.56 Å². The topological polar surface area (TPSA) is 213 Å². The van der Waals surface area contributed by atoms with Crippen molar-refractivity contribution in [3.05, 3.63) is 79.9 Å². The molecule has 6 atom stereocenters. The predicted molar refractivity (Wildman–Crippen MR) is 140 cm³/mol. The second-order valence-corrected chi connectivity index (χ2v) is 9.62. The molecule has 2 heterocycles. The molecule has 17 heteroatoms. The van der Waals surface area contributed by atoms with Crippen molar-refractivity contribution in [1.82, 2.24) is 9.55 Å². The van der Waals surface area contributed by atoms with Crippen LogP contribution >= 0.6 is 8.17 Å². The highest BCUT2D eigenvalue weighted by Crippen LogP contribution is 2.43. The highest BCUT2D eigenvalue weighted by Gasteiger charge is 2.57. The van der Waals surface area contributed by atoms with Gasteiger partial charge < -0.3 is 24.2 Å². The number of nitrogens with one attached hydrogen (secondary N) is 1. The maximum absolute atomic E-state index is 15.5. The van der Waals surface area contributed by atoms with E-state index >= 15 is 4.39 Å². The number of carbonyl (C=O) groups excluding carboxylic acids is 1. The van der Waals surface area contributed by atoms with Crippen molar-refractivity contribution >= 4 is 24.9 Å². The number of nitrogens with zero attached hydrogens (tertiary/aromatic N) is 5. The van der Waals surface area contributed by atoms with Crippen LogP contribution < -0.4 is 25.4 Å². The Morgan fingerprint density at radius 3 is 2.80 bits per heavy atom. The minimum absolute atomic E-state index is 0.0811. The molecule has 216 valence electrons. The zero-order valence-corrected chi connectivity index (χ0v) is 22.5. The maximum Gasteiger partial charge on any atom is 0.395 e. The highest BCUT2D eigenvalue weighted by atomic mass is 31.1. The fourth-order valence-corrected chi connectivity index (χ4v) is 4.83. The van der Waals surface area contributed by atoms with Crippen molar-refractivity contribution in [2.75, 3.05) is 13.2 Å². The number of aliphatic hydroxyl groups excluding tert-OH is 1. The lowest BCUT2D eigenvalue weighted by atomic mass is 10.1. The average molecular weight is 590 g/mol. The number of carbonyl (C=O) groups is 1. The van der Waals surface area contributed by atoms with Gasteiger partial charge in [0.15, 0.2) is 24.2 Å². The molecule has 0 aliphatic carbocycles. The molecule has 1 fully saturated rings. The molecule has 2 N–H and O–H groups in total. The van der Waals surface area contributed by atoms with E-state index in [0.717, 1.165) is 16.8 Å². The van der Waals surface area contributed by atoms with Crippen LogP contribution in [0.15, 0.2) is 68.1 Å². The summed E-state index contributed by atoms with van der Waals surface area (Å²) in [4.78, 5) is 52.9. The normalized spacial score (nSPS) is 23.0. The van der Waals surface area contributed by atoms with Crippen molar-refractivity contribution in [2.24, 2.45) is 9.86 Å². The van der Waals surface area contributed by atoms with Crippen molar-refractivity contribution in [3.63, 3.8) is 0 Å². The quantitative estimate of drug-likeness (QED) is 0.116. The molecule has 1 aliphatic heterocycles. The molecule has 1 aromatic heterocycles. The number of aliphatic hydroxyl groups is 1. The molecular weight excluding hydrogens is 566 g/mol. The number of aromatic amines is 1. The first-order chi connectivity index (χ1) is 19.6. The molecule has 4 rings (SSSR count). The number of H-pyrrole nitrogens is 1. The second-order valence-electron chi connectivity index (χ2n) is 8.73. The molecule has 0 amide bonds. The number of hydrogen-bond donors (Lipinski definition) is 2. The number of esters is 1. The van der Waals surface area contributed by atoms with E-state index in [1.165, 1.54) is 13.0 Å². The van der Waals surface area contributed by atoms with Crippen LogP contribution in [0.1, 0.15) is 20.1 Å². The molecule has 0 spiro atoms. The van der Waals surface area contributed by atoms with E-state index in [1.54, 1.807) is 37.3 Å². The van der Waals surface area contributed by atoms with Crippen LogP contribution in [-0.2, 0) is 14.3 Å². The number of halogens is 1. The van der Waals surface area contributed by atoms with Gasteiger partial charge in [0.1, 0.15) is 12.7 Å². The van der Waals surface area contributed by atoms with E-state index in [4.69, 9.17) is 24.3 Å². The Morgan fingerprint density at radius 2 is 2.10 bits per heavy atom. The summed E-state index contributed by atoms with van der Waals surface area (Å²) in [7, 11) is -2.83. The lowest BCUT2D eigenvalue weighted by Crippen LogP contribution is -2.43. The third-order valence-corrected chi connectivity index (χ3v) is 6.90. The summed E-state index contributed by atoms with van der Waals surface area (Å²) < 4.78 is 41.8. The van der Waals surface area contributed by atoms with Crippen LogP contribution in [0, 0.1) is 0 Å². The van der Waals surface area contributed by atoms with Gasteiger partial charge in [-0.25, -0.2) is 14.0 Å². The molecule has 41 heavy (non-hydrogen) atoms. The maximum atomic E-state index is 15.5. The lowest BCUT2D eigenvalue weighted by molar-refractivity contribution is -0.169. The summed E-state index contributed by atoms with van der Waals surface area (Å²) in [5, 5.41) is 15.0. The molecule has 1 unspecified atom stereocenters. The molecule has 15 nitrogen and oxygen atoms in total. The Balaban J connectivity index is 1.67. The van der Waals surface area contributed by atoms with Crippen LogP contribution in [-0.4, -0.2) is 57.9 Å². The summed E-state index contributed by atoms with van der Waals surface area (Å²) in [6, 6.07) is 9.70. The van der Waals surface area contributed by atoms with Crippen molar-refractivity contribution in [2.45, 2.75) is 44.1 Å². The average Bonchev–Trinajstić information content (AvgIpc) is 3.18. The van der Waals surface area contributed by atoms with Crippen LogP contribution in [0.2, 0.25) is 0 Å². The summed E-state index contributed by atoms with van der Waals surface area (Å²) in [5.74, 6) is -0.872. The number of alkyl halides is 1. The Bertz CT molecular complexity index is 1640. The first-order valence-electron chi connectivity index (χ1n) is 12.1. The van der Waals surface area contributed by atoms with E-state index in [2.05, 4.69) is 14.8 Å². The number of benzene rings is 2. The first-order valence-corrected chi connectivity index (χ1v) is 13.3. The van der Waals surface area contributed by atoms with Crippen molar-refractivity contribution < 1.29 is 37.9 Å². The number of fused-ring (bicyclic) bond motifs is 1. The Labute approximate surface area is 231 Å².